The van der Waals surface area contributed by atoms with Crippen LogP contribution in [0.1, 0.15) is 57.4 Å². The number of hydrogen-bond acceptors (Lipinski definition) is 3. The smallest absolute Gasteiger partial charge is 0.129 e. The Hall–Kier alpha value is -1.22. The second kappa shape index (κ2) is 9.73. The second-order valence-electron chi connectivity index (χ2n) is 5.77. The Bertz CT molecular complexity index is 488. The maximum Gasteiger partial charge on any atom is 0.129 e. The molecule has 0 fully saturated rings. The van der Waals surface area contributed by atoms with Gasteiger partial charge in [0.1, 0.15) is 11.6 Å². The second-order valence-corrected chi connectivity index (χ2v) is 6.18. The largest absolute Gasteiger partial charge is 0.494 e. The molecule has 1 heterocycles. The topological polar surface area (TPSA) is 33.6 Å². The molecular formula is C18H27ClN2O. The number of hydrogen-bond donors (Lipinski definition) is 1. The zero-order chi connectivity index (χ0) is 15.6. The van der Waals surface area contributed by atoms with Gasteiger partial charge in [0, 0.05) is 12.1 Å². The average molecular weight is 323 g/mol. The van der Waals surface area contributed by atoms with E-state index in [2.05, 4.69) is 17.2 Å². The lowest BCUT2D eigenvalue weighted by atomic mass is 10.1. The molecule has 0 atom stereocenters. The van der Waals surface area contributed by atoms with Gasteiger partial charge in [-0.3, -0.25) is 4.99 Å². The van der Waals surface area contributed by atoms with E-state index in [1.165, 1.54) is 38.5 Å². The number of nitrogens with zero attached hydrogens (tertiary/aromatic N) is 1. The Balaban J connectivity index is 1.67. The van der Waals surface area contributed by atoms with E-state index < -0.39 is 0 Å². The van der Waals surface area contributed by atoms with Gasteiger partial charge >= 0.3 is 0 Å². The third-order valence-electron chi connectivity index (χ3n) is 3.89. The molecule has 0 unspecified atom stereocenters. The lowest BCUT2D eigenvalue weighted by Gasteiger charge is -2.09. The van der Waals surface area contributed by atoms with Crippen molar-refractivity contribution in [2.24, 2.45) is 4.99 Å². The number of rotatable bonds is 10. The summed E-state index contributed by atoms with van der Waals surface area (Å²) in [5.41, 5.74) is 0.961. The summed E-state index contributed by atoms with van der Waals surface area (Å²) in [7, 11) is 0. The number of benzene rings is 1. The molecule has 0 radical (unpaired) electrons. The lowest BCUT2D eigenvalue weighted by Crippen LogP contribution is -2.19. The molecular weight excluding hydrogens is 296 g/mol. The minimum Gasteiger partial charge on any atom is -0.494 e. The van der Waals surface area contributed by atoms with Crippen LogP contribution in [0.5, 0.6) is 5.75 Å². The Labute approximate surface area is 139 Å². The molecule has 0 saturated carbocycles. The standard InChI is InChI=1S/C18H27ClN2O/c1-2-3-4-5-6-7-8-13-22-15-9-10-16(17(19)14-15)18-20-11-12-21-18/h9-10,14H,2-8,11-13H2,1H3,(H,20,21). The average Bonchev–Trinajstić information content (AvgIpc) is 3.04. The molecule has 22 heavy (non-hydrogen) atoms. The van der Waals surface area contributed by atoms with Gasteiger partial charge in [0.15, 0.2) is 0 Å². The number of aliphatic imine (C=N–C) groups is 1. The van der Waals surface area contributed by atoms with Crippen molar-refractivity contribution in [1.29, 1.82) is 0 Å². The highest BCUT2D eigenvalue weighted by atomic mass is 35.5. The molecule has 122 valence electrons. The van der Waals surface area contributed by atoms with Crippen LogP contribution >= 0.6 is 11.6 Å². The number of ether oxygens (including phenoxy) is 1. The molecule has 4 heteroatoms. The summed E-state index contributed by atoms with van der Waals surface area (Å²) in [6.45, 7) is 4.73. The SMILES string of the molecule is CCCCCCCCCOc1ccc(C2=NCCN2)c(Cl)c1. The van der Waals surface area contributed by atoms with Crippen molar-refractivity contribution < 1.29 is 4.74 Å². The zero-order valence-electron chi connectivity index (χ0n) is 13.5. The fourth-order valence-corrected chi connectivity index (χ4v) is 2.87. The van der Waals surface area contributed by atoms with E-state index in [4.69, 9.17) is 16.3 Å². The van der Waals surface area contributed by atoms with Gasteiger partial charge in [0.05, 0.1) is 18.2 Å². The highest BCUT2D eigenvalue weighted by Gasteiger charge is 2.12. The van der Waals surface area contributed by atoms with Crippen LogP contribution in [0.4, 0.5) is 0 Å². The molecule has 1 aromatic rings. The van der Waals surface area contributed by atoms with Gasteiger partial charge in [-0.2, -0.15) is 0 Å². The van der Waals surface area contributed by atoms with Crippen LogP contribution in [-0.2, 0) is 0 Å². The van der Waals surface area contributed by atoms with Crippen molar-refractivity contribution in [2.75, 3.05) is 19.7 Å². The van der Waals surface area contributed by atoms with Crippen LogP contribution in [0.2, 0.25) is 5.02 Å². The molecule has 0 aromatic heterocycles. The molecule has 0 saturated heterocycles. The summed E-state index contributed by atoms with van der Waals surface area (Å²) in [6, 6.07) is 5.85. The van der Waals surface area contributed by atoms with E-state index in [1.54, 1.807) is 0 Å². The van der Waals surface area contributed by atoms with Crippen LogP contribution in [0.15, 0.2) is 23.2 Å². The molecule has 1 aliphatic heterocycles. The van der Waals surface area contributed by atoms with E-state index in [0.717, 1.165) is 43.3 Å². The van der Waals surface area contributed by atoms with Gasteiger partial charge in [-0.25, -0.2) is 0 Å². The summed E-state index contributed by atoms with van der Waals surface area (Å²) >= 11 is 6.32. The first-order valence-electron chi connectivity index (χ1n) is 8.52. The monoisotopic (exact) mass is 322 g/mol. The minimum absolute atomic E-state index is 0.699. The first-order chi connectivity index (χ1) is 10.8. The fourth-order valence-electron chi connectivity index (χ4n) is 2.61. The third kappa shape index (κ3) is 5.53. The van der Waals surface area contributed by atoms with Gasteiger partial charge in [-0.15, -0.1) is 0 Å². The van der Waals surface area contributed by atoms with E-state index in [9.17, 15) is 0 Å². The van der Waals surface area contributed by atoms with Crippen molar-refractivity contribution in [3.63, 3.8) is 0 Å². The van der Waals surface area contributed by atoms with Gasteiger partial charge in [0.2, 0.25) is 0 Å². The molecule has 3 nitrogen and oxygen atoms in total. The summed E-state index contributed by atoms with van der Waals surface area (Å²) in [4.78, 5) is 4.39. The third-order valence-corrected chi connectivity index (χ3v) is 4.20. The highest BCUT2D eigenvalue weighted by molar-refractivity contribution is 6.34. The quantitative estimate of drug-likeness (QED) is 0.627. The van der Waals surface area contributed by atoms with Crippen molar-refractivity contribution >= 4 is 17.4 Å². The van der Waals surface area contributed by atoms with Crippen molar-refractivity contribution in [2.45, 2.75) is 51.9 Å². The van der Waals surface area contributed by atoms with Crippen molar-refractivity contribution in [1.82, 2.24) is 5.32 Å². The van der Waals surface area contributed by atoms with Gasteiger partial charge < -0.3 is 10.1 Å². The number of halogens is 1. The van der Waals surface area contributed by atoms with Gasteiger partial charge in [-0.1, -0.05) is 57.0 Å². The number of amidine groups is 1. The maximum atomic E-state index is 6.32. The van der Waals surface area contributed by atoms with Gasteiger partial charge in [-0.05, 0) is 24.6 Å². The van der Waals surface area contributed by atoms with Gasteiger partial charge in [0.25, 0.3) is 0 Å². The normalized spacial score (nSPS) is 13.8. The molecule has 1 aliphatic rings. The maximum absolute atomic E-state index is 6.32. The van der Waals surface area contributed by atoms with E-state index in [-0.39, 0.29) is 0 Å². The first-order valence-corrected chi connectivity index (χ1v) is 8.90. The summed E-state index contributed by atoms with van der Waals surface area (Å²) in [5, 5.41) is 3.94. The number of nitrogens with one attached hydrogen (secondary N) is 1. The van der Waals surface area contributed by atoms with Crippen LogP contribution in [-0.4, -0.2) is 25.5 Å². The molecule has 1 aromatic carbocycles. The minimum atomic E-state index is 0.699. The Morgan fingerprint density at radius 2 is 1.91 bits per heavy atom. The first kappa shape index (κ1) is 17.1. The Morgan fingerprint density at radius 3 is 2.59 bits per heavy atom. The summed E-state index contributed by atoms with van der Waals surface area (Å²) in [6.07, 6.45) is 9.06. The zero-order valence-corrected chi connectivity index (χ0v) is 14.3. The van der Waals surface area contributed by atoms with Crippen molar-refractivity contribution in [3.05, 3.63) is 28.8 Å². The predicted molar refractivity (Wildman–Crippen MR) is 94.3 cm³/mol. The van der Waals surface area contributed by atoms with Crippen molar-refractivity contribution in [3.8, 4) is 5.75 Å². The van der Waals surface area contributed by atoms with Crippen LogP contribution in [0.3, 0.4) is 0 Å². The molecule has 2 rings (SSSR count). The highest BCUT2D eigenvalue weighted by Crippen LogP contribution is 2.23. The van der Waals surface area contributed by atoms with E-state index in [0.29, 0.717) is 5.02 Å². The molecule has 0 aliphatic carbocycles. The lowest BCUT2D eigenvalue weighted by molar-refractivity contribution is 0.304. The van der Waals surface area contributed by atoms with E-state index in [1.807, 2.05) is 18.2 Å². The van der Waals surface area contributed by atoms with Crippen LogP contribution in [0.25, 0.3) is 0 Å². The molecule has 0 bridgehead atoms. The molecule has 0 spiro atoms. The fraction of sp³-hybridized carbons (Fsp3) is 0.611. The Kier molecular flexibility index (Phi) is 7.58. The van der Waals surface area contributed by atoms with Crippen LogP contribution in [0, 0.1) is 0 Å². The predicted octanol–water partition coefficient (Wildman–Crippen LogP) is 4.82. The summed E-state index contributed by atoms with van der Waals surface area (Å²) < 4.78 is 5.79. The van der Waals surface area contributed by atoms with Crippen LogP contribution < -0.4 is 10.1 Å². The molecule has 0 amide bonds. The molecule has 1 N–H and O–H groups in total. The summed E-state index contributed by atoms with van der Waals surface area (Å²) in [5.74, 6) is 1.74. The Morgan fingerprint density at radius 1 is 1.14 bits per heavy atom. The number of unbranched alkanes of at least 4 members (excludes halogenated alkanes) is 6. The van der Waals surface area contributed by atoms with E-state index >= 15 is 0 Å².